The minimum Gasteiger partial charge on any atom is -0.484 e. The lowest BCUT2D eigenvalue weighted by Crippen LogP contribution is -2.24. The van der Waals surface area contributed by atoms with E-state index >= 15 is 0 Å². The van der Waals surface area contributed by atoms with Gasteiger partial charge in [-0.2, -0.15) is 5.10 Å². The molecule has 0 radical (unpaired) electrons. The predicted molar refractivity (Wildman–Crippen MR) is 108 cm³/mol. The Morgan fingerprint density at radius 2 is 1.90 bits per heavy atom. The molecule has 2 aromatic carbocycles. The molecule has 0 saturated heterocycles. The molecule has 29 heavy (non-hydrogen) atoms. The van der Waals surface area contributed by atoms with Crippen LogP contribution in [0.1, 0.15) is 21.7 Å². The third-order valence-corrected chi connectivity index (χ3v) is 4.14. The van der Waals surface area contributed by atoms with Crippen LogP contribution in [-0.2, 0) is 4.79 Å². The van der Waals surface area contributed by atoms with Gasteiger partial charge in [-0.05, 0) is 72.6 Å². The number of benzene rings is 2. The van der Waals surface area contributed by atoms with Gasteiger partial charge in [0.2, 0.25) is 5.76 Å². The summed E-state index contributed by atoms with van der Waals surface area (Å²) in [4.78, 5) is 23.6. The number of ether oxygens (including phenoxy) is 2. The first-order chi connectivity index (χ1) is 14.0. The van der Waals surface area contributed by atoms with Crippen molar-refractivity contribution in [1.29, 1.82) is 0 Å². The highest BCUT2D eigenvalue weighted by molar-refractivity contribution is 6.31. The van der Waals surface area contributed by atoms with Crippen LogP contribution < -0.4 is 14.9 Å². The summed E-state index contributed by atoms with van der Waals surface area (Å²) < 4.78 is 15.5. The molecule has 0 aliphatic rings. The first-order valence-electron chi connectivity index (χ1n) is 8.58. The summed E-state index contributed by atoms with van der Waals surface area (Å²) in [7, 11) is 0. The van der Waals surface area contributed by atoms with Crippen LogP contribution in [0.3, 0.4) is 0 Å². The van der Waals surface area contributed by atoms with Crippen LogP contribution >= 0.6 is 11.6 Å². The molecule has 0 aliphatic carbocycles. The Hall–Kier alpha value is -3.58. The number of amides is 1. The zero-order chi connectivity index (χ0) is 20.6. The number of rotatable bonds is 7. The lowest BCUT2D eigenvalue weighted by atomic mass is 10.2. The number of halogens is 1. The van der Waals surface area contributed by atoms with Gasteiger partial charge in [-0.3, -0.25) is 4.79 Å². The van der Waals surface area contributed by atoms with Gasteiger partial charge in [0.15, 0.2) is 6.61 Å². The third-order valence-electron chi connectivity index (χ3n) is 3.72. The molecule has 0 bridgehead atoms. The molecular weight excluding hydrogens is 396 g/mol. The second kappa shape index (κ2) is 9.57. The van der Waals surface area contributed by atoms with Gasteiger partial charge in [0, 0.05) is 5.02 Å². The molecule has 3 aromatic rings. The lowest BCUT2D eigenvalue weighted by Gasteiger charge is -2.06. The van der Waals surface area contributed by atoms with Crippen LogP contribution in [0.4, 0.5) is 0 Å². The topological polar surface area (TPSA) is 90.1 Å². The molecule has 0 atom stereocenters. The summed E-state index contributed by atoms with van der Waals surface area (Å²) in [5.74, 6) is 0.0386. The van der Waals surface area contributed by atoms with Gasteiger partial charge in [-0.15, -0.1) is 0 Å². The number of furan rings is 1. The van der Waals surface area contributed by atoms with E-state index in [1.54, 1.807) is 48.5 Å². The van der Waals surface area contributed by atoms with Crippen LogP contribution in [0.5, 0.6) is 11.5 Å². The number of hydrazone groups is 1. The van der Waals surface area contributed by atoms with Crippen LogP contribution in [0.15, 0.2) is 70.4 Å². The Balaban J connectivity index is 1.45. The van der Waals surface area contributed by atoms with Crippen molar-refractivity contribution in [2.75, 3.05) is 6.61 Å². The summed E-state index contributed by atoms with van der Waals surface area (Å²) in [5.41, 5.74) is 3.94. The van der Waals surface area contributed by atoms with Crippen molar-refractivity contribution < 1.29 is 23.5 Å². The maximum Gasteiger partial charge on any atom is 0.379 e. The van der Waals surface area contributed by atoms with E-state index in [1.807, 2.05) is 6.92 Å². The highest BCUT2D eigenvalue weighted by Crippen LogP contribution is 2.20. The monoisotopic (exact) mass is 412 g/mol. The fraction of sp³-hybridized carbons (Fsp3) is 0.0952. The zero-order valence-corrected chi connectivity index (χ0v) is 16.2. The van der Waals surface area contributed by atoms with E-state index < -0.39 is 11.9 Å². The fourth-order valence-electron chi connectivity index (χ4n) is 2.24. The van der Waals surface area contributed by atoms with Gasteiger partial charge in [-0.1, -0.05) is 11.6 Å². The maximum absolute atomic E-state index is 11.8. The van der Waals surface area contributed by atoms with E-state index in [2.05, 4.69) is 10.5 Å². The van der Waals surface area contributed by atoms with Crippen molar-refractivity contribution in [3.05, 3.63) is 82.8 Å². The zero-order valence-electron chi connectivity index (χ0n) is 15.4. The number of hydrogen-bond donors (Lipinski definition) is 1. The van der Waals surface area contributed by atoms with E-state index in [1.165, 1.54) is 18.5 Å². The smallest absolute Gasteiger partial charge is 0.379 e. The average Bonchev–Trinajstić information content (AvgIpc) is 3.25. The number of aryl methyl sites for hydroxylation is 1. The molecule has 0 unspecified atom stereocenters. The van der Waals surface area contributed by atoms with Crippen LogP contribution in [0, 0.1) is 6.92 Å². The van der Waals surface area contributed by atoms with Gasteiger partial charge in [-0.25, -0.2) is 10.2 Å². The minimum atomic E-state index is -0.584. The Morgan fingerprint density at radius 1 is 1.14 bits per heavy atom. The Bertz CT molecular complexity index is 1010. The quantitative estimate of drug-likeness (QED) is 0.274. The van der Waals surface area contributed by atoms with Gasteiger partial charge in [0.25, 0.3) is 5.91 Å². The summed E-state index contributed by atoms with van der Waals surface area (Å²) in [6.45, 7) is 1.67. The summed E-state index contributed by atoms with van der Waals surface area (Å²) in [6, 6.07) is 14.9. The molecule has 1 heterocycles. The predicted octanol–water partition coefficient (Wildman–Crippen LogP) is 3.99. The first kappa shape index (κ1) is 20.2. The maximum atomic E-state index is 11.8. The average molecular weight is 413 g/mol. The van der Waals surface area contributed by atoms with Gasteiger partial charge in [0.1, 0.15) is 11.5 Å². The van der Waals surface area contributed by atoms with E-state index in [9.17, 15) is 9.59 Å². The molecule has 0 aliphatic heterocycles. The largest absolute Gasteiger partial charge is 0.484 e. The number of carbonyl (C=O) groups excluding carboxylic acids is 2. The molecule has 0 fully saturated rings. The van der Waals surface area contributed by atoms with Crippen LogP contribution in [0.2, 0.25) is 5.02 Å². The normalized spacial score (nSPS) is 10.7. The Labute approximate surface area is 171 Å². The SMILES string of the molecule is Cc1cc(OCC(=O)N/N=C\c2ccc(OC(=O)c3ccco3)cc2)ccc1Cl. The Kier molecular flexibility index (Phi) is 6.65. The number of carbonyl (C=O) groups is 2. The van der Waals surface area contributed by atoms with E-state index in [-0.39, 0.29) is 12.4 Å². The second-order valence-electron chi connectivity index (χ2n) is 5.93. The Morgan fingerprint density at radius 3 is 2.59 bits per heavy atom. The number of nitrogens with one attached hydrogen (secondary N) is 1. The minimum absolute atomic E-state index is 0.120. The molecule has 0 spiro atoms. The van der Waals surface area contributed by atoms with Crippen molar-refractivity contribution in [3.8, 4) is 11.5 Å². The van der Waals surface area contributed by atoms with Crippen molar-refractivity contribution in [3.63, 3.8) is 0 Å². The standard InChI is InChI=1S/C21H17ClN2O5/c1-14-11-17(8-9-18(14)22)28-13-20(25)24-23-12-15-4-6-16(7-5-15)29-21(26)19-3-2-10-27-19/h2-12H,13H2,1H3,(H,24,25)/b23-12-. The molecule has 3 rings (SSSR count). The van der Waals surface area contributed by atoms with Crippen molar-refractivity contribution in [2.24, 2.45) is 5.10 Å². The van der Waals surface area contributed by atoms with E-state index in [0.29, 0.717) is 22.1 Å². The highest BCUT2D eigenvalue weighted by atomic mass is 35.5. The van der Waals surface area contributed by atoms with Crippen LogP contribution in [0.25, 0.3) is 0 Å². The molecule has 1 N–H and O–H groups in total. The number of nitrogens with zero attached hydrogens (tertiary/aromatic N) is 1. The molecule has 148 valence electrons. The number of esters is 1. The van der Waals surface area contributed by atoms with Crippen molar-refractivity contribution >= 4 is 29.7 Å². The number of hydrogen-bond acceptors (Lipinski definition) is 6. The molecule has 1 amide bonds. The molecule has 1 aromatic heterocycles. The molecule has 0 saturated carbocycles. The summed E-state index contributed by atoms with van der Waals surface area (Å²) in [5, 5.41) is 4.50. The van der Waals surface area contributed by atoms with E-state index in [4.69, 9.17) is 25.5 Å². The third kappa shape index (κ3) is 5.95. The fourth-order valence-corrected chi connectivity index (χ4v) is 2.36. The molecule has 7 nitrogen and oxygen atoms in total. The van der Waals surface area contributed by atoms with E-state index in [0.717, 1.165) is 5.56 Å². The van der Waals surface area contributed by atoms with Gasteiger partial charge < -0.3 is 13.9 Å². The first-order valence-corrected chi connectivity index (χ1v) is 8.95. The summed E-state index contributed by atoms with van der Waals surface area (Å²) >= 11 is 5.95. The van der Waals surface area contributed by atoms with Crippen LogP contribution in [-0.4, -0.2) is 24.7 Å². The summed E-state index contributed by atoms with van der Waals surface area (Å²) in [6.07, 6.45) is 2.86. The second-order valence-corrected chi connectivity index (χ2v) is 6.34. The van der Waals surface area contributed by atoms with Gasteiger partial charge in [0.05, 0.1) is 12.5 Å². The van der Waals surface area contributed by atoms with Crippen molar-refractivity contribution in [2.45, 2.75) is 6.92 Å². The van der Waals surface area contributed by atoms with Crippen molar-refractivity contribution in [1.82, 2.24) is 5.43 Å². The molecular formula is C21H17ClN2O5. The molecule has 8 heteroatoms. The highest BCUT2D eigenvalue weighted by Gasteiger charge is 2.11. The van der Waals surface area contributed by atoms with Gasteiger partial charge >= 0.3 is 5.97 Å². The lowest BCUT2D eigenvalue weighted by molar-refractivity contribution is -0.123.